The Balaban J connectivity index is 2.37. The van der Waals surface area contributed by atoms with Gasteiger partial charge < -0.3 is 14.2 Å². The molecule has 1 heterocycles. The van der Waals surface area contributed by atoms with Gasteiger partial charge in [-0.2, -0.15) is 0 Å². The summed E-state index contributed by atoms with van der Waals surface area (Å²) >= 11 is 7.15. The minimum Gasteiger partial charge on any atom is -0.490 e. The van der Waals surface area contributed by atoms with Gasteiger partial charge in [-0.05, 0) is 62.7 Å². The second kappa shape index (κ2) is 10.0. The molecule has 0 N–H and O–H groups in total. The zero-order valence-electron chi connectivity index (χ0n) is 17.0. The predicted molar refractivity (Wildman–Crippen MR) is 112 cm³/mol. The summed E-state index contributed by atoms with van der Waals surface area (Å²) in [5, 5.41) is -0.198. The number of ether oxygens (including phenoxy) is 3. The van der Waals surface area contributed by atoms with Crippen LogP contribution in [-0.2, 0) is 14.3 Å². The van der Waals surface area contributed by atoms with Crippen LogP contribution in [0.4, 0.5) is 4.79 Å². The fraction of sp³-hybridized carbons (Fsp3) is 0.450. The van der Waals surface area contributed by atoms with Gasteiger partial charge in [-0.15, -0.1) is 0 Å². The smallest absolute Gasteiger partial charge is 0.328 e. The molecule has 1 aliphatic rings. The molecule has 158 valence electrons. The number of hydrogen-bond donors (Lipinski definition) is 0. The van der Waals surface area contributed by atoms with E-state index in [0.29, 0.717) is 28.7 Å². The monoisotopic (exact) mass is 441 g/mol. The van der Waals surface area contributed by atoms with Gasteiger partial charge in [0.2, 0.25) is 0 Å². The molecule has 2 amide bonds. The molecule has 1 aliphatic heterocycles. The summed E-state index contributed by atoms with van der Waals surface area (Å²) in [5.41, 5.74) is 0.575. The maximum Gasteiger partial charge on any atom is 0.328 e. The fourth-order valence-electron chi connectivity index (χ4n) is 2.57. The van der Waals surface area contributed by atoms with E-state index in [-0.39, 0.29) is 11.0 Å². The second-order valence-electron chi connectivity index (χ2n) is 6.35. The molecular formula is C20H24ClNO6S. The summed E-state index contributed by atoms with van der Waals surface area (Å²) in [6.07, 6.45) is 2.29. The highest BCUT2D eigenvalue weighted by atomic mass is 35.5. The topological polar surface area (TPSA) is 82.1 Å². The molecule has 0 aromatic heterocycles. The minimum atomic E-state index is -1.01. The first-order chi connectivity index (χ1) is 13.7. The number of methoxy groups -OCH3 is 1. The van der Waals surface area contributed by atoms with Crippen molar-refractivity contribution in [2.75, 3.05) is 13.7 Å². The lowest BCUT2D eigenvalue weighted by Crippen LogP contribution is -2.42. The van der Waals surface area contributed by atoms with Crippen molar-refractivity contribution < 1.29 is 28.6 Å². The first kappa shape index (κ1) is 23.1. The van der Waals surface area contributed by atoms with Crippen LogP contribution in [0.2, 0.25) is 5.02 Å². The van der Waals surface area contributed by atoms with Gasteiger partial charge in [0.15, 0.2) is 11.5 Å². The number of esters is 1. The highest BCUT2D eigenvalue weighted by Gasteiger charge is 2.41. The first-order valence-electron chi connectivity index (χ1n) is 9.21. The van der Waals surface area contributed by atoms with E-state index in [1.807, 2.05) is 20.8 Å². The molecule has 2 atom stereocenters. The molecule has 1 aromatic rings. The molecule has 0 radical (unpaired) electrons. The van der Waals surface area contributed by atoms with Crippen molar-refractivity contribution in [2.45, 2.75) is 46.3 Å². The van der Waals surface area contributed by atoms with Gasteiger partial charge >= 0.3 is 5.97 Å². The van der Waals surface area contributed by atoms with Crippen molar-refractivity contribution in [3.8, 4) is 11.5 Å². The Morgan fingerprint density at radius 1 is 1.28 bits per heavy atom. The number of amides is 2. The summed E-state index contributed by atoms with van der Waals surface area (Å²) in [6.45, 7) is 7.62. The van der Waals surface area contributed by atoms with Crippen LogP contribution < -0.4 is 9.47 Å². The fourth-order valence-corrected chi connectivity index (χ4v) is 3.75. The standard InChI is InChI=1S/C20H24ClNO6S/c1-6-11(3)28-17-14(21)8-13(9-15(17)27-7-2)10-16-18(23)22(20(25)29-16)12(4)19(24)26-5/h8-12H,6-7H2,1-5H3/b16-10+/t11-,12-/m1/s1. The molecule has 1 aromatic carbocycles. The SMILES string of the molecule is CCOc1cc(/C=C2/SC(=O)N([C@H](C)C(=O)OC)C2=O)cc(Cl)c1O[C@H](C)CC. The lowest BCUT2D eigenvalue weighted by molar-refractivity contribution is -0.148. The Morgan fingerprint density at radius 3 is 2.55 bits per heavy atom. The van der Waals surface area contributed by atoms with Gasteiger partial charge in [-0.25, -0.2) is 4.79 Å². The lowest BCUT2D eigenvalue weighted by Gasteiger charge is -2.19. The summed E-state index contributed by atoms with van der Waals surface area (Å²) in [4.78, 5) is 37.7. The summed E-state index contributed by atoms with van der Waals surface area (Å²) in [6, 6.07) is 2.33. The molecule has 1 fully saturated rings. The third-order valence-electron chi connectivity index (χ3n) is 4.28. The number of nitrogens with zero attached hydrogens (tertiary/aromatic N) is 1. The largest absolute Gasteiger partial charge is 0.490 e. The van der Waals surface area contributed by atoms with Crippen molar-refractivity contribution in [2.24, 2.45) is 0 Å². The van der Waals surface area contributed by atoms with E-state index in [9.17, 15) is 14.4 Å². The van der Waals surface area contributed by atoms with Crippen molar-refractivity contribution in [1.82, 2.24) is 4.90 Å². The van der Waals surface area contributed by atoms with Gasteiger partial charge in [0.25, 0.3) is 11.1 Å². The van der Waals surface area contributed by atoms with E-state index >= 15 is 0 Å². The Kier molecular flexibility index (Phi) is 7.98. The lowest BCUT2D eigenvalue weighted by atomic mass is 10.1. The van der Waals surface area contributed by atoms with Gasteiger partial charge in [0, 0.05) is 0 Å². The van der Waals surface area contributed by atoms with Crippen LogP contribution >= 0.6 is 23.4 Å². The Labute approximate surface area is 179 Å². The highest BCUT2D eigenvalue weighted by molar-refractivity contribution is 8.18. The van der Waals surface area contributed by atoms with Gasteiger partial charge in [-0.3, -0.25) is 14.5 Å². The number of imide groups is 1. The maximum atomic E-state index is 12.6. The maximum absolute atomic E-state index is 12.6. The van der Waals surface area contributed by atoms with Crippen molar-refractivity contribution in [3.63, 3.8) is 0 Å². The number of carbonyl (C=O) groups excluding carboxylic acids is 3. The zero-order valence-corrected chi connectivity index (χ0v) is 18.6. The molecule has 1 saturated heterocycles. The molecule has 0 spiro atoms. The molecule has 0 bridgehead atoms. The summed E-state index contributed by atoms with van der Waals surface area (Å²) < 4.78 is 16.1. The molecule has 9 heteroatoms. The number of thioether (sulfide) groups is 1. The van der Waals surface area contributed by atoms with Crippen LogP contribution in [0.5, 0.6) is 11.5 Å². The number of carbonyl (C=O) groups is 3. The number of halogens is 1. The third-order valence-corrected chi connectivity index (χ3v) is 5.44. The Bertz CT molecular complexity index is 841. The molecule has 7 nitrogen and oxygen atoms in total. The molecule has 2 rings (SSSR count). The van der Waals surface area contributed by atoms with E-state index < -0.39 is 23.2 Å². The first-order valence-corrected chi connectivity index (χ1v) is 10.4. The second-order valence-corrected chi connectivity index (χ2v) is 7.75. The molecule has 0 aliphatic carbocycles. The van der Waals surface area contributed by atoms with Crippen molar-refractivity contribution in [3.05, 3.63) is 27.6 Å². The average Bonchev–Trinajstić information content (AvgIpc) is 2.96. The predicted octanol–water partition coefficient (Wildman–Crippen LogP) is 4.51. The Hall–Kier alpha value is -2.19. The van der Waals surface area contributed by atoms with Crippen molar-refractivity contribution >= 4 is 46.6 Å². The van der Waals surface area contributed by atoms with E-state index in [1.54, 1.807) is 12.1 Å². The van der Waals surface area contributed by atoms with Crippen LogP contribution in [0.15, 0.2) is 17.0 Å². The molecule has 0 unspecified atom stereocenters. The van der Waals surface area contributed by atoms with Crippen molar-refractivity contribution in [1.29, 1.82) is 0 Å². The van der Waals surface area contributed by atoms with Crippen LogP contribution in [0, 0.1) is 0 Å². The van der Waals surface area contributed by atoms with Crippen LogP contribution in [0.25, 0.3) is 6.08 Å². The van der Waals surface area contributed by atoms with Gasteiger partial charge in [0.05, 0.1) is 29.7 Å². The zero-order chi connectivity index (χ0) is 21.7. The van der Waals surface area contributed by atoms with Crippen LogP contribution in [0.1, 0.15) is 39.7 Å². The van der Waals surface area contributed by atoms with E-state index in [1.165, 1.54) is 20.1 Å². The van der Waals surface area contributed by atoms with Gasteiger partial charge in [-0.1, -0.05) is 18.5 Å². The van der Waals surface area contributed by atoms with E-state index in [4.69, 9.17) is 21.1 Å². The highest BCUT2D eigenvalue weighted by Crippen LogP contribution is 2.40. The molecule has 29 heavy (non-hydrogen) atoms. The molecular weight excluding hydrogens is 418 g/mol. The molecule has 0 saturated carbocycles. The quantitative estimate of drug-likeness (QED) is 0.433. The Morgan fingerprint density at radius 2 is 1.97 bits per heavy atom. The van der Waals surface area contributed by atoms with E-state index in [2.05, 4.69) is 4.74 Å². The summed E-state index contributed by atoms with van der Waals surface area (Å²) in [7, 11) is 1.20. The minimum absolute atomic E-state index is 0.0473. The number of hydrogen-bond acceptors (Lipinski definition) is 7. The van der Waals surface area contributed by atoms with E-state index in [0.717, 1.165) is 23.1 Å². The summed E-state index contributed by atoms with van der Waals surface area (Å²) in [5.74, 6) is -0.338. The van der Waals surface area contributed by atoms with Gasteiger partial charge in [0.1, 0.15) is 6.04 Å². The van der Waals surface area contributed by atoms with Crippen LogP contribution in [-0.4, -0.2) is 47.9 Å². The number of benzene rings is 1. The number of rotatable bonds is 8. The van der Waals surface area contributed by atoms with Crippen LogP contribution in [0.3, 0.4) is 0 Å². The average molecular weight is 442 g/mol. The normalized spacial score (nSPS) is 17.4. The third kappa shape index (κ3) is 5.25.